The monoisotopic (exact) mass is 516 g/mol. The minimum absolute atomic E-state index is 0.0702. The number of nitrogens with one attached hydrogen (secondary N) is 2. The summed E-state index contributed by atoms with van der Waals surface area (Å²) in [6.07, 6.45) is 1.24. The fourth-order valence-electron chi connectivity index (χ4n) is 3.98. The van der Waals surface area contributed by atoms with Crippen LogP contribution >= 0.6 is 11.3 Å². The zero-order valence-electron chi connectivity index (χ0n) is 18.2. The van der Waals surface area contributed by atoms with E-state index in [9.17, 15) is 23.3 Å². The van der Waals surface area contributed by atoms with Crippen LogP contribution in [0.1, 0.15) is 34.2 Å². The van der Waals surface area contributed by atoms with Crippen molar-refractivity contribution in [3.05, 3.63) is 63.1 Å². The van der Waals surface area contributed by atoms with Crippen LogP contribution in [0.3, 0.4) is 0 Å². The van der Waals surface area contributed by atoms with Crippen molar-refractivity contribution >= 4 is 44.1 Å². The summed E-state index contributed by atoms with van der Waals surface area (Å²) in [5.41, 5.74) is 1.62. The minimum atomic E-state index is -3.67. The number of thiophene rings is 1. The van der Waals surface area contributed by atoms with Gasteiger partial charge >= 0.3 is 5.82 Å². The highest BCUT2D eigenvalue weighted by Crippen LogP contribution is 2.31. The lowest BCUT2D eigenvalue weighted by Gasteiger charge is -2.30. The van der Waals surface area contributed by atoms with E-state index < -0.39 is 20.9 Å². The molecule has 1 aromatic carbocycles. The third-order valence-electron chi connectivity index (χ3n) is 5.79. The number of fused-ring (bicyclic) bond motifs is 1. The average molecular weight is 517 g/mol. The highest BCUT2D eigenvalue weighted by atomic mass is 32.2. The number of piperidine rings is 1. The second kappa shape index (κ2) is 9.16. The maximum atomic E-state index is 13.2. The van der Waals surface area contributed by atoms with Crippen LogP contribution in [0, 0.1) is 10.1 Å². The number of aromatic nitrogens is 5. The molecular weight excluding hydrogens is 496 g/mol. The zero-order chi connectivity index (χ0) is 24.6. The predicted molar refractivity (Wildman–Crippen MR) is 125 cm³/mol. The molecule has 1 aliphatic rings. The summed E-state index contributed by atoms with van der Waals surface area (Å²) < 4.78 is 29.9. The van der Waals surface area contributed by atoms with Gasteiger partial charge in [0, 0.05) is 18.0 Å². The third-order valence-corrected chi connectivity index (χ3v) is 9.25. The summed E-state index contributed by atoms with van der Waals surface area (Å²) in [6, 6.07) is 12.0. The second-order valence-electron chi connectivity index (χ2n) is 7.96. The molecule has 0 spiro atoms. The number of rotatable bonds is 7. The molecule has 5 rings (SSSR count). The molecular formula is C20H20N8O5S2. The predicted octanol–water partition coefficient (Wildman–Crippen LogP) is 2.08. The van der Waals surface area contributed by atoms with E-state index >= 15 is 0 Å². The van der Waals surface area contributed by atoms with Gasteiger partial charge in [-0.05, 0) is 42.0 Å². The van der Waals surface area contributed by atoms with Gasteiger partial charge in [0.1, 0.15) is 9.73 Å². The Morgan fingerprint density at radius 2 is 2.00 bits per heavy atom. The van der Waals surface area contributed by atoms with Gasteiger partial charge in [-0.2, -0.15) is 4.31 Å². The molecule has 0 aliphatic carbocycles. The number of benzene rings is 1. The summed E-state index contributed by atoms with van der Waals surface area (Å²) in [6.45, 7) is 0.799. The van der Waals surface area contributed by atoms with Gasteiger partial charge in [-0.25, -0.2) is 13.1 Å². The fraction of sp³-hybridized carbons (Fsp3) is 0.300. The first-order valence-electron chi connectivity index (χ1n) is 10.7. The van der Waals surface area contributed by atoms with Gasteiger partial charge < -0.3 is 15.4 Å². The highest BCUT2D eigenvalue weighted by Gasteiger charge is 2.32. The van der Waals surface area contributed by atoms with Gasteiger partial charge in [0.25, 0.3) is 15.9 Å². The van der Waals surface area contributed by atoms with Crippen molar-refractivity contribution in [2.24, 2.45) is 0 Å². The topological polar surface area (TPSA) is 169 Å². The van der Waals surface area contributed by atoms with Gasteiger partial charge in [0.2, 0.25) is 0 Å². The highest BCUT2D eigenvalue weighted by molar-refractivity contribution is 7.91. The number of hydrogen-bond donors (Lipinski definition) is 2. The van der Waals surface area contributed by atoms with Crippen molar-refractivity contribution in [3.8, 4) is 0 Å². The second-order valence-corrected chi connectivity index (χ2v) is 11.3. The van der Waals surface area contributed by atoms with Crippen LogP contribution in [0.25, 0.3) is 11.0 Å². The van der Waals surface area contributed by atoms with Crippen LogP contribution < -0.4 is 5.32 Å². The maximum Gasteiger partial charge on any atom is 0.343 e. The number of sulfonamides is 1. The Kier molecular flexibility index (Phi) is 6.04. The zero-order valence-corrected chi connectivity index (χ0v) is 19.8. The van der Waals surface area contributed by atoms with Gasteiger partial charge in [-0.3, -0.25) is 4.79 Å². The lowest BCUT2D eigenvalue weighted by atomic mass is 10.1. The molecule has 35 heavy (non-hydrogen) atoms. The number of para-hydroxylation sites is 1. The van der Waals surface area contributed by atoms with Gasteiger partial charge in [-0.15, -0.1) is 21.5 Å². The van der Waals surface area contributed by atoms with Crippen molar-refractivity contribution in [1.82, 2.24) is 34.8 Å². The van der Waals surface area contributed by atoms with Crippen molar-refractivity contribution in [3.63, 3.8) is 0 Å². The number of carbonyl (C=O) groups is 1. The molecule has 0 atom stereocenters. The standard InChI is InChI=1S/C20H20N8O5S2/c29-20(16-11-18(24-22-16)28(30)31)21-12-14-5-6-19(34-14)35(32,33)26-9-7-13(8-10-26)27-17-4-2-1-3-15(17)23-25-27/h1-6,11,13H,7-10,12H2,(H,21,29)(H,22,24). The summed E-state index contributed by atoms with van der Waals surface area (Å²) >= 11 is 1.07. The smallest absolute Gasteiger partial charge is 0.343 e. The van der Waals surface area contributed by atoms with E-state index in [1.807, 2.05) is 28.9 Å². The van der Waals surface area contributed by atoms with E-state index in [2.05, 4.69) is 25.8 Å². The Hall–Kier alpha value is -3.69. The molecule has 0 bridgehead atoms. The summed E-state index contributed by atoms with van der Waals surface area (Å²) in [7, 11) is -3.67. The summed E-state index contributed by atoms with van der Waals surface area (Å²) in [5.74, 6) is -0.990. The molecule has 4 aromatic rings. The number of nitro groups is 1. The van der Waals surface area contributed by atoms with Crippen LogP contribution in [0.4, 0.5) is 5.82 Å². The van der Waals surface area contributed by atoms with E-state index in [0.29, 0.717) is 30.8 Å². The SMILES string of the molecule is O=C(NCc1ccc(S(=O)(=O)N2CCC(n3nnc4ccccc43)CC2)s1)c1cc([N+](=O)[O-])[nH]n1. The fourth-order valence-corrected chi connectivity index (χ4v) is 6.90. The van der Waals surface area contributed by atoms with Crippen LogP contribution in [-0.4, -0.2) is 61.8 Å². The Bertz CT molecular complexity index is 1500. The summed E-state index contributed by atoms with van der Waals surface area (Å²) in [4.78, 5) is 22.8. The van der Waals surface area contributed by atoms with E-state index in [4.69, 9.17) is 0 Å². The largest absolute Gasteiger partial charge is 0.358 e. The van der Waals surface area contributed by atoms with Crippen LogP contribution in [0.2, 0.25) is 0 Å². The molecule has 0 unspecified atom stereocenters. The molecule has 1 amide bonds. The lowest BCUT2D eigenvalue weighted by Crippen LogP contribution is -2.38. The first kappa shape index (κ1) is 23.1. The molecule has 0 saturated carbocycles. The third kappa shape index (κ3) is 4.52. The first-order chi connectivity index (χ1) is 16.8. The van der Waals surface area contributed by atoms with Gasteiger partial charge in [-0.1, -0.05) is 22.4 Å². The van der Waals surface area contributed by atoms with Crippen molar-refractivity contribution in [2.75, 3.05) is 13.1 Å². The molecule has 1 saturated heterocycles. The van der Waals surface area contributed by atoms with Crippen LogP contribution in [0.15, 0.2) is 46.7 Å². The molecule has 15 heteroatoms. The number of carbonyl (C=O) groups excluding carboxylic acids is 1. The Morgan fingerprint density at radius 1 is 1.23 bits per heavy atom. The number of H-pyrrole nitrogens is 1. The quantitative estimate of drug-likeness (QED) is 0.278. The van der Waals surface area contributed by atoms with E-state index in [-0.39, 0.29) is 28.3 Å². The summed E-state index contributed by atoms with van der Waals surface area (Å²) in [5, 5.41) is 27.5. The lowest BCUT2D eigenvalue weighted by molar-refractivity contribution is -0.389. The van der Waals surface area contributed by atoms with Crippen molar-refractivity contribution in [2.45, 2.75) is 29.6 Å². The number of nitrogens with zero attached hydrogens (tertiary/aromatic N) is 6. The molecule has 2 N–H and O–H groups in total. The molecule has 0 radical (unpaired) electrons. The molecule has 4 heterocycles. The van der Waals surface area contributed by atoms with Crippen LogP contribution in [-0.2, 0) is 16.6 Å². The first-order valence-corrected chi connectivity index (χ1v) is 13.0. The van der Waals surface area contributed by atoms with E-state index in [1.54, 1.807) is 6.07 Å². The van der Waals surface area contributed by atoms with Crippen molar-refractivity contribution < 1.29 is 18.1 Å². The van der Waals surface area contributed by atoms with Gasteiger partial charge in [0.05, 0.1) is 24.2 Å². The van der Waals surface area contributed by atoms with Gasteiger partial charge in [0.15, 0.2) is 5.69 Å². The average Bonchev–Trinajstić information content (AvgIpc) is 3.62. The van der Waals surface area contributed by atoms with E-state index in [1.165, 1.54) is 10.4 Å². The Labute approximate surface area is 202 Å². The molecule has 3 aromatic heterocycles. The van der Waals surface area contributed by atoms with Crippen molar-refractivity contribution in [1.29, 1.82) is 0 Å². The Morgan fingerprint density at radius 3 is 2.74 bits per heavy atom. The number of amides is 1. The normalized spacial score (nSPS) is 15.4. The molecule has 1 aliphatic heterocycles. The van der Waals surface area contributed by atoms with E-state index in [0.717, 1.165) is 28.4 Å². The number of hydrogen-bond acceptors (Lipinski definition) is 9. The van der Waals surface area contributed by atoms with Crippen LogP contribution in [0.5, 0.6) is 0 Å². The molecule has 182 valence electrons. The molecule has 13 nitrogen and oxygen atoms in total. The number of aromatic amines is 1. The Balaban J connectivity index is 1.20. The maximum absolute atomic E-state index is 13.2. The molecule has 1 fully saturated rings. The minimum Gasteiger partial charge on any atom is -0.358 e.